The number of hydrogen-bond donors (Lipinski definition) is 2. The van der Waals surface area contributed by atoms with E-state index in [4.69, 9.17) is 37.0 Å². The van der Waals surface area contributed by atoms with Crippen LogP contribution in [0.25, 0.3) is 11.2 Å². The van der Waals surface area contributed by atoms with Crippen molar-refractivity contribution in [3.8, 4) is 0 Å². The lowest BCUT2D eigenvalue weighted by molar-refractivity contribution is 0.0232. The molecule has 1 aromatic carbocycles. The fraction of sp³-hybridized carbons (Fsp3) is 0.560. The van der Waals surface area contributed by atoms with Gasteiger partial charge in [0.1, 0.15) is 11.3 Å². The molecule has 2 atom stereocenters. The Morgan fingerprint density at radius 3 is 2.88 bits per heavy atom. The van der Waals surface area contributed by atoms with E-state index in [0.717, 1.165) is 80.5 Å². The molecule has 0 bridgehead atoms. The number of rotatable bonds is 6. The van der Waals surface area contributed by atoms with Gasteiger partial charge in [0, 0.05) is 36.4 Å². The van der Waals surface area contributed by atoms with E-state index in [9.17, 15) is 0 Å². The van der Waals surface area contributed by atoms with E-state index < -0.39 is 0 Å². The second kappa shape index (κ2) is 9.57. The molecule has 1 aliphatic heterocycles. The SMILES string of the molecule is CC1(Cc2ncc3nc(Nc4cccc(Cl)c4)n(C4CCCC(CN)C4)c3n2)CCOCC1. The van der Waals surface area contributed by atoms with E-state index in [1.165, 1.54) is 12.8 Å². The predicted octanol–water partition coefficient (Wildman–Crippen LogP) is 5.27. The van der Waals surface area contributed by atoms with Gasteiger partial charge in [-0.1, -0.05) is 31.0 Å². The average Bonchev–Trinajstić information content (AvgIpc) is 3.16. The fourth-order valence-corrected chi connectivity index (χ4v) is 5.46. The largest absolute Gasteiger partial charge is 0.381 e. The molecular weight excluding hydrogens is 436 g/mol. The normalized spacial score (nSPS) is 23.0. The number of nitrogens with two attached hydrogens (primary N) is 1. The van der Waals surface area contributed by atoms with Crippen molar-refractivity contribution in [1.29, 1.82) is 0 Å². The minimum absolute atomic E-state index is 0.175. The maximum atomic E-state index is 6.23. The van der Waals surface area contributed by atoms with Crippen molar-refractivity contribution < 1.29 is 4.74 Å². The number of benzene rings is 1. The summed E-state index contributed by atoms with van der Waals surface area (Å²) in [5.74, 6) is 2.20. The Labute approximate surface area is 200 Å². The molecule has 3 aromatic rings. The standard InChI is InChI=1S/C25H33ClN6O/c1-25(8-10-33-11-9-25)14-22-28-16-21-23(31-22)32(20-7-2-4-17(12-20)15-27)24(30-21)29-19-6-3-5-18(26)13-19/h3,5-6,13,16-17,20H,2,4,7-12,14-15,27H2,1H3,(H,29,30). The topological polar surface area (TPSA) is 90.9 Å². The maximum absolute atomic E-state index is 6.23. The van der Waals surface area contributed by atoms with Crippen LogP contribution in [0.3, 0.4) is 0 Å². The van der Waals surface area contributed by atoms with Gasteiger partial charge in [-0.25, -0.2) is 15.0 Å². The third-order valence-electron chi connectivity index (χ3n) is 7.30. The van der Waals surface area contributed by atoms with Crippen molar-refractivity contribution >= 4 is 34.4 Å². The van der Waals surface area contributed by atoms with Crippen molar-refractivity contribution in [3.05, 3.63) is 41.3 Å². The molecule has 1 aliphatic carbocycles. The number of aromatic nitrogens is 4. The highest BCUT2D eigenvalue weighted by atomic mass is 35.5. The zero-order valence-corrected chi connectivity index (χ0v) is 20.0. The number of nitrogens with one attached hydrogen (secondary N) is 1. The van der Waals surface area contributed by atoms with E-state index in [0.29, 0.717) is 17.0 Å². The molecule has 0 radical (unpaired) electrons. The van der Waals surface area contributed by atoms with Crippen molar-refractivity contribution in [1.82, 2.24) is 19.5 Å². The molecule has 2 aromatic heterocycles. The van der Waals surface area contributed by atoms with Gasteiger partial charge in [0.25, 0.3) is 0 Å². The molecule has 33 heavy (non-hydrogen) atoms. The van der Waals surface area contributed by atoms with Gasteiger partial charge in [-0.15, -0.1) is 0 Å². The van der Waals surface area contributed by atoms with Gasteiger partial charge in [-0.2, -0.15) is 0 Å². The minimum Gasteiger partial charge on any atom is -0.381 e. The van der Waals surface area contributed by atoms with Crippen molar-refractivity contribution in [2.45, 2.75) is 57.9 Å². The van der Waals surface area contributed by atoms with Crippen LogP contribution in [0.5, 0.6) is 0 Å². The Hall–Kier alpha value is -2.22. The summed E-state index contributed by atoms with van der Waals surface area (Å²) in [6, 6.07) is 8.03. The molecule has 0 spiro atoms. The van der Waals surface area contributed by atoms with Crippen molar-refractivity contribution in [2.75, 3.05) is 25.1 Å². The van der Waals surface area contributed by atoms with E-state index in [2.05, 4.69) is 16.8 Å². The van der Waals surface area contributed by atoms with Crippen LogP contribution in [0.1, 0.15) is 57.3 Å². The number of anilines is 2. The summed E-state index contributed by atoms with van der Waals surface area (Å²) >= 11 is 6.23. The van der Waals surface area contributed by atoms with Crippen LogP contribution >= 0.6 is 11.6 Å². The first-order valence-corrected chi connectivity index (χ1v) is 12.4. The lowest BCUT2D eigenvalue weighted by Gasteiger charge is -2.33. The third kappa shape index (κ3) is 5.00. The second-order valence-electron chi connectivity index (χ2n) is 9.96. The summed E-state index contributed by atoms with van der Waals surface area (Å²) in [4.78, 5) is 14.7. The van der Waals surface area contributed by atoms with Crippen molar-refractivity contribution in [3.63, 3.8) is 0 Å². The molecule has 5 rings (SSSR count). The first-order chi connectivity index (χ1) is 16.0. The number of nitrogens with zero attached hydrogens (tertiary/aromatic N) is 4. The third-order valence-corrected chi connectivity index (χ3v) is 7.54. The summed E-state index contributed by atoms with van der Waals surface area (Å²) in [5, 5.41) is 4.18. The smallest absolute Gasteiger partial charge is 0.209 e. The summed E-state index contributed by atoms with van der Waals surface area (Å²) in [5.41, 5.74) is 8.87. The molecule has 7 nitrogen and oxygen atoms in total. The van der Waals surface area contributed by atoms with Gasteiger partial charge < -0.3 is 15.8 Å². The van der Waals surface area contributed by atoms with Crippen LogP contribution in [0.4, 0.5) is 11.6 Å². The molecule has 2 unspecified atom stereocenters. The Kier molecular flexibility index (Phi) is 6.54. The minimum atomic E-state index is 0.175. The first kappa shape index (κ1) is 22.6. The summed E-state index contributed by atoms with van der Waals surface area (Å²) < 4.78 is 7.86. The fourth-order valence-electron chi connectivity index (χ4n) is 5.27. The van der Waals surface area contributed by atoms with Crippen LogP contribution in [0, 0.1) is 11.3 Å². The average molecular weight is 469 g/mol. The molecule has 2 fully saturated rings. The van der Waals surface area contributed by atoms with Crippen LogP contribution in [-0.2, 0) is 11.2 Å². The van der Waals surface area contributed by atoms with Gasteiger partial charge in [0.15, 0.2) is 5.65 Å². The second-order valence-corrected chi connectivity index (χ2v) is 10.4. The number of hydrogen-bond acceptors (Lipinski definition) is 6. The van der Waals surface area contributed by atoms with Gasteiger partial charge in [-0.3, -0.25) is 4.57 Å². The van der Waals surface area contributed by atoms with Crippen LogP contribution in [-0.4, -0.2) is 39.3 Å². The molecule has 3 N–H and O–H groups in total. The van der Waals surface area contributed by atoms with Gasteiger partial charge >= 0.3 is 0 Å². The Morgan fingerprint density at radius 1 is 1.24 bits per heavy atom. The molecule has 1 saturated heterocycles. The Bertz CT molecular complexity index is 1110. The highest BCUT2D eigenvalue weighted by Crippen LogP contribution is 2.38. The Balaban J connectivity index is 1.53. The first-order valence-electron chi connectivity index (χ1n) is 12.1. The predicted molar refractivity (Wildman–Crippen MR) is 132 cm³/mol. The summed E-state index contributed by atoms with van der Waals surface area (Å²) in [6.45, 7) is 4.67. The zero-order chi connectivity index (χ0) is 22.8. The van der Waals surface area contributed by atoms with Crippen molar-refractivity contribution in [2.24, 2.45) is 17.1 Å². The van der Waals surface area contributed by atoms with E-state index in [-0.39, 0.29) is 5.41 Å². The van der Waals surface area contributed by atoms with E-state index >= 15 is 0 Å². The molecular formula is C25H33ClN6O. The number of ether oxygens (including phenoxy) is 1. The van der Waals surface area contributed by atoms with Gasteiger partial charge in [-0.05, 0) is 68.2 Å². The van der Waals surface area contributed by atoms with E-state index in [1.807, 2.05) is 30.5 Å². The molecule has 176 valence electrons. The lowest BCUT2D eigenvalue weighted by atomic mass is 9.79. The van der Waals surface area contributed by atoms with Crippen LogP contribution in [0.2, 0.25) is 5.02 Å². The molecule has 3 heterocycles. The Morgan fingerprint density at radius 2 is 2.09 bits per heavy atom. The highest BCUT2D eigenvalue weighted by Gasteiger charge is 2.30. The highest BCUT2D eigenvalue weighted by molar-refractivity contribution is 6.30. The lowest BCUT2D eigenvalue weighted by Crippen LogP contribution is -2.29. The maximum Gasteiger partial charge on any atom is 0.209 e. The zero-order valence-electron chi connectivity index (χ0n) is 19.3. The monoisotopic (exact) mass is 468 g/mol. The number of halogens is 1. The molecule has 0 amide bonds. The molecule has 1 saturated carbocycles. The number of fused-ring (bicyclic) bond motifs is 1. The number of imidazole rings is 1. The van der Waals surface area contributed by atoms with E-state index in [1.54, 1.807) is 0 Å². The summed E-state index contributed by atoms with van der Waals surface area (Å²) in [6.07, 6.45) is 9.30. The molecule has 2 aliphatic rings. The summed E-state index contributed by atoms with van der Waals surface area (Å²) in [7, 11) is 0. The molecule has 8 heteroatoms. The quantitative estimate of drug-likeness (QED) is 0.512. The van der Waals surface area contributed by atoms with Gasteiger partial charge in [0.2, 0.25) is 5.95 Å². The van der Waals surface area contributed by atoms with Crippen LogP contribution < -0.4 is 11.1 Å². The van der Waals surface area contributed by atoms with Gasteiger partial charge in [0.05, 0.1) is 6.20 Å². The van der Waals surface area contributed by atoms with Crippen LogP contribution in [0.15, 0.2) is 30.5 Å².